The van der Waals surface area contributed by atoms with Crippen molar-refractivity contribution in [3.63, 3.8) is 0 Å². The molecule has 0 spiro atoms. The Morgan fingerprint density at radius 2 is 1.77 bits per heavy atom. The van der Waals surface area contributed by atoms with Gasteiger partial charge in [-0.1, -0.05) is 18.2 Å². The number of carbonyl (C=O) groups excluding carboxylic acids is 1. The fraction of sp³-hybridized carbons (Fsp3) is 0.192. The Balaban J connectivity index is 1.51. The minimum Gasteiger partial charge on any atom is -0.493 e. The van der Waals surface area contributed by atoms with Crippen molar-refractivity contribution in [1.29, 1.82) is 0 Å². The number of anilines is 1. The molecule has 3 rings (SSSR count). The van der Waals surface area contributed by atoms with Crippen LogP contribution < -0.4 is 24.5 Å². The second-order valence-corrected chi connectivity index (χ2v) is 7.67. The number of amides is 1. The van der Waals surface area contributed by atoms with Gasteiger partial charge < -0.3 is 24.2 Å². The number of benzene rings is 3. The molecule has 0 aliphatic heterocycles. The van der Waals surface area contributed by atoms with Crippen LogP contribution >= 0.6 is 0 Å². The molecule has 0 atom stereocenters. The minimum absolute atomic E-state index is 0.169. The van der Waals surface area contributed by atoms with E-state index < -0.39 is 11.9 Å². The minimum atomic E-state index is -0.977. The van der Waals surface area contributed by atoms with E-state index in [4.69, 9.17) is 19.3 Å². The Kier molecular flexibility index (Phi) is 8.66. The van der Waals surface area contributed by atoms with Crippen molar-refractivity contribution in [2.24, 2.45) is 5.10 Å². The first-order valence-corrected chi connectivity index (χ1v) is 10.7. The molecule has 2 N–H and O–H groups in total. The summed E-state index contributed by atoms with van der Waals surface area (Å²) in [5.74, 6) is 0.233. The Labute approximate surface area is 203 Å². The molecule has 0 bridgehead atoms. The van der Waals surface area contributed by atoms with Crippen LogP contribution in [-0.4, -0.2) is 51.0 Å². The average molecular weight is 478 g/mol. The number of hydrogen-bond donors (Lipinski definition) is 2. The van der Waals surface area contributed by atoms with Gasteiger partial charge in [0.15, 0.2) is 18.1 Å². The lowest BCUT2D eigenvalue weighted by atomic mass is 10.1. The Hall–Kier alpha value is -4.53. The van der Waals surface area contributed by atoms with Crippen molar-refractivity contribution < 1.29 is 28.9 Å². The highest BCUT2D eigenvalue weighted by Crippen LogP contribution is 2.28. The maximum absolute atomic E-state index is 12.0. The maximum atomic E-state index is 12.0. The Morgan fingerprint density at radius 1 is 1.00 bits per heavy atom. The van der Waals surface area contributed by atoms with Crippen molar-refractivity contribution in [1.82, 2.24) is 5.43 Å². The summed E-state index contributed by atoms with van der Waals surface area (Å²) in [6.07, 6.45) is 1.49. The fourth-order valence-corrected chi connectivity index (χ4v) is 3.00. The van der Waals surface area contributed by atoms with Crippen LogP contribution in [0.15, 0.2) is 71.8 Å². The number of hydrogen-bond acceptors (Lipinski definition) is 7. The molecule has 9 heteroatoms. The zero-order valence-electron chi connectivity index (χ0n) is 19.7. The van der Waals surface area contributed by atoms with Crippen molar-refractivity contribution in [2.75, 3.05) is 32.7 Å². The molecule has 0 aromatic heterocycles. The van der Waals surface area contributed by atoms with E-state index in [-0.39, 0.29) is 18.8 Å². The largest absolute Gasteiger partial charge is 0.493 e. The monoisotopic (exact) mass is 477 g/mol. The van der Waals surface area contributed by atoms with Crippen LogP contribution in [-0.2, 0) is 11.4 Å². The molecular formula is C26H27N3O6. The van der Waals surface area contributed by atoms with E-state index in [0.29, 0.717) is 22.8 Å². The lowest BCUT2D eigenvalue weighted by Crippen LogP contribution is -2.24. The number of carbonyl (C=O) groups is 2. The predicted molar refractivity (Wildman–Crippen MR) is 133 cm³/mol. The van der Waals surface area contributed by atoms with Gasteiger partial charge in [-0.05, 0) is 53.6 Å². The molecule has 0 aliphatic carbocycles. The molecule has 35 heavy (non-hydrogen) atoms. The van der Waals surface area contributed by atoms with Crippen molar-refractivity contribution in [2.45, 2.75) is 6.61 Å². The van der Waals surface area contributed by atoms with E-state index in [1.807, 2.05) is 37.2 Å². The van der Waals surface area contributed by atoms with Gasteiger partial charge in [-0.15, -0.1) is 0 Å². The smallest absolute Gasteiger partial charge is 0.335 e. The molecular weight excluding hydrogens is 450 g/mol. The quantitative estimate of drug-likeness (QED) is 0.321. The lowest BCUT2D eigenvalue weighted by Gasteiger charge is -2.13. The summed E-state index contributed by atoms with van der Waals surface area (Å²) in [6, 6.07) is 19.1. The molecule has 0 radical (unpaired) electrons. The van der Waals surface area contributed by atoms with Gasteiger partial charge in [-0.2, -0.15) is 5.10 Å². The molecule has 0 heterocycles. The summed E-state index contributed by atoms with van der Waals surface area (Å²) in [4.78, 5) is 24.9. The van der Waals surface area contributed by atoms with E-state index in [1.165, 1.54) is 25.5 Å². The van der Waals surface area contributed by atoms with E-state index >= 15 is 0 Å². The lowest BCUT2D eigenvalue weighted by molar-refractivity contribution is -0.123. The van der Waals surface area contributed by atoms with Crippen LogP contribution in [0.5, 0.6) is 17.2 Å². The molecule has 182 valence electrons. The van der Waals surface area contributed by atoms with Crippen LogP contribution in [0.3, 0.4) is 0 Å². The summed E-state index contributed by atoms with van der Waals surface area (Å²) in [5, 5.41) is 12.9. The van der Waals surface area contributed by atoms with Gasteiger partial charge in [-0.3, -0.25) is 4.79 Å². The van der Waals surface area contributed by atoms with E-state index in [9.17, 15) is 9.59 Å². The van der Waals surface area contributed by atoms with Gasteiger partial charge >= 0.3 is 5.97 Å². The summed E-state index contributed by atoms with van der Waals surface area (Å²) in [5.41, 5.74) is 5.13. The fourth-order valence-electron chi connectivity index (χ4n) is 3.00. The second kappa shape index (κ2) is 12.1. The first-order chi connectivity index (χ1) is 16.9. The number of carboxylic acids is 1. The second-order valence-electron chi connectivity index (χ2n) is 7.67. The van der Waals surface area contributed by atoms with Crippen molar-refractivity contribution >= 4 is 23.8 Å². The molecule has 0 aliphatic rings. The van der Waals surface area contributed by atoms with Crippen LogP contribution in [0, 0.1) is 0 Å². The number of nitrogens with zero attached hydrogens (tertiary/aromatic N) is 2. The first-order valence-electron chi connectivity index (χ1n) is 10.7. The van der Waals surface area contributed by atoms with Crippen molar-refractivity contribution in [3.8, 4) is 17.2 Å². The van der Waals surface area contributed by atoms with Crippen LogP contribution in [0.2, 0.25) is 0 Å². The molecule has 9 nitrogen and oxygen atoms in total. The topological polar surface area (TPSA) is 110 Å². The Morgan fingerprint density at radius 3 is 2.46 bits per heavy atom. The third kappa shape index (κ3) is 7.50. The van der Waals surface area contributed by atoms with Gasteiger partial charge in [0.05, 0.1) is 18.9 Å². The van der Waals surface area contributed by atoms with Crippen LogP contribution in [0.1, 0.15) is 21.5 Å². The summed E-state index contributed by atoms with van der Waals surface area (Å²) in [7, 11) is 5.38. The normalized spacial score (nSPS) is 10.6. The summed E-state index contributed by atoms with van der Waals surface area (Å²) in [6.45, 7) is 0.0783. The van der Waals surface area contributed by atoms with Gasteiger partial charge in [0.2, 0.25) is 0 Å². The number of hydrazone groups is 1. The third-order valence-corrected chi connectivity index (χ3v) is 4.89. The number of rotatable bonds is 11. The highest BCUT2D eigenvalue weighted by atomic mass is 16.5. The van der Waals surface area contributed by atoms with E-state index in [2.05, 4.69) is 10.5 Å². The van der Waals surface area contributed by atoms with Gasteiger partial charge in [0, 0.05) is 25.8 Å². The molecule has 3 aromatic carbocycles. The molecule has 0 unspecified atom stereocenters. The van der Waals surface area contributed by atoms with E-state index in [1.54, 1.807) is 36.4 Å². The Bertz CT molecular complexity index is 1190. The highest BCUT2D eigenvalue weighted by Gasteiger charge is 2.08. The summed E-state index contributed by atoms with van der Waals surface area (Å²) < 4.78 is 16.7. The van der Waals surface area contributed by atoms with Gasteiger partial charge in [0.1, 0.15) is 12.4 Å². The van der Waals surface area contributed by atoms with Gasteiger partial charge in [0.25, 0.3) is 5.91 Å². The summed E-state index contributed by atoms with van der Waals surface area (Å²) >= 11 is 0. The molecule has 0 saturated heterocycles. The van der Waals surface area contributed by atoms with E-state index in [0.717, 1.165) is 11.3 Å². The highest BCUT2D eigenvalue weighted by molar-refractivity contribution is 5.87. The zero-order chi connectivity index (χ0) is 25.2. The molecule has 3 aromatic rings. The first kappa shape index (κ1) is 25.1. The average Bonchev–Trinajstić information content (AvgIpc) is 2.87. The number of methoxy groups -OCH3 is 1. The molecule has 0 saturated carbocycles. The van der Waals surface area contributed by atoms with Crippen LogP contribution in [0.25, 0.3) is 0 Å². The van der Waals surface area contributed by atoms with Crippen LogP contribution in [0.4, 0.5) is 5.69 Å². The standard InChI is InChI=1S/C26H27N3O6/c1-29(2)21-5-4-6-22(14-21)34-17-25(30)28-27-15-19-9-12-23(24(13-19)33-3)35-16-18-7-10-20(11-8-18)26(31)32/h4-15H,16-17H2,1-3H3,(H,28,30)(H,31,32)/b27-15-. The zero-order valence-corrected chi connectivity index (χ0v) is 19.7. The molecule has 0 fully saturated rings. The number of nitrogens with one attached hydrogen (secondary N) is 1. The number of carboxylic acid groups (broad SMARTS) is 1. The molecule has 1 amide bonds. The maximum Gasteiger partial charge on any atom is 0.335 e. The van der Waals surface area contributed by atoms with Gasteiger partial charge in [-0.25, -0.2) is 10.2 Å². The third-order valence-electron chi connectivity index (χ3n) is 4.89. The van der Waals surface area contributed by atoms with Crippen molar-refractivity contribution in [3.05, 3.63) is 83.4 Å². The predicted octanol–water partition coefficient (Wildman–Crippen LogP) is 3.57. The number of aromatic carboxylic acids is 1. The SMILES string of the molecule is COc1cc(/C=N\NC(=O)COc2cccc(N(C)C)c2)ccc1OCc1ccc(C(=O)O)cc1. The number of ether oxygens (including phenoxy) is 3.